The number of nitrogens with one attached hydrogen (secondary N) is 3. The number of carbonyl (C=O) groups excluding carboxylic acids is 1. The van der Waals surface area contributed by atoms with Crippen LogP contribution in [0.2, 0.25) is 0 Å². The first-order chi connectivity index (χ1) is 15.7. The second kappa shape index (κ2) is 8.69. The number of ether oxygens (including phenoxy) is 2. The molecule has 0 spiro atoms. The fraction of sp³-hybridized carbons (Fsp3) is 0.0909. The van der Waals surface area contributed by atoms with Gasteiger partial charge in [-0.3, -0.25) is 4.79 Å². The van der Waals surface area contributed by atoms with Crippen LogP contribution < -0.4 is 20.5 Å². The molecule has 0 aliphatic heterocycles. The van der Waals surface area contributed by atoms with Gasteiger partial charge in [-0.25, -0.2) is 4.79 Å². The highest BCUT2D eigenvalue weighted by molar-refractivity contribution is 6.04. The summed E-state index contributed by atoms with van der Waals surface area (Å²) in [7, 11) is 0. The zero-order valence-corrected chi connectivity index (χ0v) is 16.6. The number of H-pyrrole nitrogens is 2. The molecule has 0 atom stereocenters. The number of aromatic amines is 2. The van der Waals surface area contributed by atoms with Crippen LogP contribution in [-0.2, 0) is 0 Å². The summed E-state index contributed by atoms with van der Waals surface area (Å²) in [6.07, 6.45) is -8.71. The van der Waals surface area contributed by atoms with Crippen LogP contribution >= 0.6 is 0 Å². The molecule has 0 saturated heterocycles. The van der Waals surface area contributed by atoms with Crippen molar-refractivity contribution in [1.82, 2.24) is 9.97 Å². The zero-order chi connectivity index (χ0) is 23.6. The number of hydrogen-bond acceptors (Lipinski definition) is 4. The summed E-state index contributed by atoms with van der Waals surface area (Å²) < 4.78 is 60.8. The summed E-state index contributed by atoms with van der Waals surface area (Å²) in [5.41, 5.74) is 0.866. The minimum absolute atomic E-state index is 0.0847. The number of rotatable bonds is 7. The molecule has 0 unspecified atom stereocenters. The topological polar surface area (TPSA) is 96.2 Å². The molecule has 170 valence electrons. The van der Waals surface area contributed by atoms with Gasteiger partial charge in [0.25, 0.3) is 5.91 Å². The summed E-state index contributed by atoms with van der Waals surface area (Å²) in [6.45, 7) is 0. The van der Waals surface area contributed by atoms with E-state index in [0.717, 1.165) is 12.1 Å². The van der Waals surface area contributed by atoms with Gasteiger partial charge < -0.3 is 24.8 Å². The summed E-state index contributed by atoms with van der Waals surface area (Å²) >= 11 is 0. The second-order valence-corrected chi connectivity index (χ2v) is 6.83. The molecule has 4 rings (SSSR count). The number of alkyl halides is 4. The lowest BCUT2D eigenvalue weighted by molar-refractivity contribution is -0.253. The van der Waals surface area contributed by atoms with E-state index in [9.17, 15) is 27.2 Å². The van der Waals surface area contributed by atoms with E-state index in [-0.39, 0.29) is 11.3 Å². The van der Waals surface area contributed by atoms with E-state index in [4.69, 9.17) is 4.74 Å². The van der Waals surface area contributed by atoms with Crippen LogP contribution in [0, 0.1) is 0 Å². The van der Waals surface area contributed by atoms with Gasteiger partial charge in [-0.15, -0.1) is 0 Å². The minimum atomic E-state index is -4.69. The Labute approximate surface area is 183 Å². The van der Waals surface area contributed by atoms with Crippen molar-refractivity contribution in [2.75, 3.05) is 5.32 Å². The van der Waals surface area contributed by atoms with Gasteiger partial charge >= 0.3 is 18.2 Å². The Bertz CT molecular complexity index is 1370. The van der Waals surface area contributed by atoms with Crippen molar-refractivity contribution >= 4 is 22.6 Å². The summed E-state index contributed by atoms with van der Waals surface area (Å²) in [6, 6.07) is 15.8. The van der Waals surface area contributed by atoms with Crippen molar-refractivity contribution < 1.29 is 31.8 Å². The van der Waals surface area contributed by atoms with Crippen molar-refractivity contribution in [3.63, 3.8) is 0 Å². The molecular weight excluding hydrogens is 446 g/mol. The normalized spacial score (nSPS) is 11.5. The van der Waals surface area contributed by atoms with Crippen LogP contribution in [0.3, 0.4) is 0 Å². The third kappa shape index (κ3) is 4.97. The third-order valence-corrected chi connectivity index (χ3v) is 4.44. The number of aromatic nitrogens is 2. The second-order valence-electron chi connectivity index (χ2n) is 6.83. The lowest BCUT2D eigenvalue weighted by Crippen LogP contribution is -2.33. The van der Waals surface area contributed by atoms with Crippen LogP contribution in [0.5, 0.6) is 17.2 Å². The molecule has 3 aromatic carbocycles. The average Bonchev–Trinajstić information content (AvgIpc) is 3.15. The van der Waals surface area contributed by atoms with Crippen molar-refractivity contribution in [1.29, 1.82) is 0 Å². The van der Waals surface area contributed by atoms with Gasteiger partial charge in [0.05, 0.1) is 5.52 Å². The molecule has 0 aliphatic rings. The maximum atomic E-state index is 13.1. The predicted molar refractivity (Wildman–Crippen MR) is 111 cm³/mol. The number of carbonyl (C=O) groups is 1. The molecule has 1 amide bonds. The van der Waals surface area contributed by atoms with E-state index < -0.39 is 24.2 Å². The Hall–Kier alpha value is -4.28. The summed E-state index contributed by atoms with van der Waals surface area (Å²) in [4.78, 5) is 29.3. The molecular formula is C22H15F4N3O4. The number of hydrogen-bond donors (Lipinski definition) is 3. The third-order valence-electron chi connectivity index (χ3n) is 4.44. The van der Waals surface area contributed by atoms with Crippen molar-refractivity contribution in [2.45, 2.75) is 12.5 Å². The number of halogens is 4. The number of amides is 1. The quantitative estimate of drug-likeness (QED) is 0.332. The zero-order valence-electron chi connectivity index (χ0n) is 16.6. The van der Waals surface area contributed by atoms with Gasteiger partial charge in [0.2, 0.25) is 0 Å². The van der Waals surface area contributed by atoms with Crippen molar-refractivity contribution in [3.05, 3.63) is 82.8 Å². The molecule has 1 heterocycles. The van der Waals surface area contributed by atoms with Crippen LogP contribution in [-0.4, -0.2) is 28.4 Å². The maximum Gasteiger partial charge on any atom is 0.461 e. The van der Waals surface area contributed by atoms with Crippen LogP contribution in [0.4, 0.5) is 23.2 Å². The summed E-state index contributed by atoms with van der Waals surface area (Å²) in [5, 5.41) is 2.56. The first-order valence-corrected chi connectivity index (χ1v) is 9.46. The van der Waals surface area contributed by atoms with E-state index in [0.29, 0.717) is 28.2 Å². The molecule has 4 aromatic rings. The van der Waals surface area contributed by atoms with Gasteiger partial charge in [-0.05, 0) is 42.5 Å². The van der Waals surface area contributed by atoms with Gasteiger partial charge in [-0.2, -0.15) is 17.6 Å². The fourth-order valence-corrected chi connectivity index (χ4v) is 2.99. The number of anilines is 1. The molecule has 11 heteroatoms. The Morgan fingerprint density at radius 3 is 2.45 bits per heavy atom. The molecule has 0 bridgehead atoms. The maximum absolute atomic E-state index is 13.1. The van der Waals surface area contributed by atoms with E-state index in [1.807, 2.05) is 0 Å². The number of benzene rings is 3. The van der Waals surface area contributed by atoms with Crippen LogP contribution in [0.1, 0.15) is 10.4 Å². The molecule has 0 aliphatic carbocycles. The molecule has 0 saturated carbocycles. The number of para-hydroxylation sites is 1. The van der Waals surface area contributed by atoms with Crippen LogP contribution in [0.25, 0.3) is 11.0 Å². The number of fused-ring (bicyclic) bond motifs is 1. The molecule has 3 N–H and O–H groups in total. The Morgan fingerprint density at radius 2 is 1.67 bits per heavy atom. The monoisotopic (exact) mass is 461 g/mol. The standard InChI is InChI=1S/C22H15F4N3O4/c23-20(24)22(25,26)33-15-7-1-4-12(10-15)19(30)27-13-5-2-6-14(11-13)32-17-9-3-8-16-18(17)29-21(31)28-16/h1-11,20H,(H,27,30)(H2,28,29,31). The summed E-state index contributed by atoms with van der Waals surface area (Å²) in [5.74, 6) is -0.552. The van der Waals surface area contributed by atoms with Gasteiger partial charge in [0, 0.05) is 17.3 Å². The Kier molecular flexibility index (Phi) is 5.78. The van der Waals surface area contributed by atoms with Gasteiger partial charge in [-0.1, -0.05) is 18.2 Å². The van der Waals surface area contributed by atoms with E-state index >= 15 is 0 Å². The Morgan fingerprint density at radius 1 is 0.939 bits per heavy atom. The van der Waals surface area contributed by atoms with Crippen LogP contribution in [0.15, 0.2) is 71.5 Å². The fourth-order valence-electron chi connectivity index (χ4n) is 2.99. The highest BCUT2D eigenvalue weighted by Crippen LogP contribution is 2.30. The number of imidazole rings is 1. The molecule has 1 aromatic heterocycles. The van der Waals surface area contributed by atoms with E-state index in [1.54, 1.807) is 36.4 Å². The lowest BCUT2D eigenvalue weighted by Gasteiger charge is -2.17. The molecule has 0 fully saturated rings. The smallest absolute Gasteiger partial charge is 0.455 e. The highest BCUT2D eigenvalue weighted by atomic mass is 19.3. The van der Waals surface area contributed by atoms with Gasteiger partial charge in [0.15, 0.2) is 5.75 Å². The largest absolute Gasteiger partial charge is 0.461 e. The SMILES string of the molecule is O=C(Nc1cccc(Oc2cccc3[nH]c(=O)[nH]c23)c1)c1cccc(OC(F)(F)C(F)F)c1. The highest BCUT2D eigenvalue weighted by Gasteiger charge is 2.44. The first-order valence-electron chi connectivity index (χ1n) is 9.46. The van der Waals surface area contributed by atoms with Crippen molar-refractivity contribution in [2.24, 2.45) is 0 Å². The Balaban J connectivity index is 1.50. The first kappa shape index (κ1) is 21.9. The van der Waals surface area contributed by atoms with Crippen molar-refractivity contribution in [3.8, 4) is 17.2 Å². The van der Waals surface area contributed by atoms with E-state index in [1.165, 1.54) is 18.2 Å². The predicted octanol–water partition coefficient (Wildman–Crippen LogP) is 5.14. The lowest BCUT2D eigenvalue weighted by atomic mass is 10.2. The van der Waals surface area contributed by atoms with E-state index in [2.05, 4.69) is 20.0 Å². The average molecular weight is 461 g/mol. The minimum Gasteiger partial charge on any atom is -0.455 e. The van der Waals surface area contributed by atoms with Gasteiger partial charge in [0.1, 0.15) is 17.0 Å². The molecule has 0 radical (unpaired) electrons. The molecule has 33 heavy (non-hydrogen) atoms. The molecule has 7 nitrogen and oxygen atoms in total.